The van der Waals surface area contributed by atoms with E-state index >= 15 is 0 Å². The molecule has 1 saturated carbocycles. The first-order valence-corrected chi connectivity index (χ1v) is 7.78. The molecule has 7 nitrogen and oxygen atoms in total. The van der Waals surface area contributed by atoms with Crippen molar-refractivity contribution >= 4 is 17.4 Å². The highest BCUT2D eigenvalue weighted by atomic mass is 16.2. The van der Waals surface area contributed by atoms with E-state index in [4.69, 9.17) is 0 Å². The Hall–Kier alpha value is -2.57. The molecule has 3 rings (SSSR count). The smallest absolute Gasteiger partial charge is 0.252 e. The van der Waals surface area contributed by atoms with Crippen LogP contribution in [0.15, 0.2) is 30.6 Å². The molecule has 0 spiro atoms. The molecule has 1 amide bonds. The van der Waals surface area contributed by atoms with E-state index in [0.717, 1.165) is 32.1 Å². The predicted molar refractivity (Wildman–Crippen MR) is 84.0 cm³/mol. The quantitative estimate of drug-likeness (QED) is 0.874. The Morgan fingerprint density at radius 2 is 1.83 bits per heavy atom. The second kappa shape index (κ2) is 6.28. The fraction of sp³-hybridized carbons (Fsp3) is 0.438. The maximum atomic E-state index is 12.9. The number of hydrogen-bond acceptors (Lipinski definition) is 5. The summed E-state index contributed by atoms with van der Waals surface area (Å²) in [5, 5.41) is 14.3. The van der Waals surface area contributed by atoms with E-state index in [1.165, 1.54) is 13.3 Å². The number of ketones is 1. The third kappa shape index (κ3) is 2.99. The molecular formula is C16H19N5O2. The van der Waals surface area contributed by atoms with E-state index in [-0.39, 0.29) is 11.7 Å². The highest BCUT2D eigenvalue weighted by Gasteiger charge is 2.42. The number of tetrazole rings is 1. The second-order valence-corrected chi connectivity index (χ2v) is 5.93. The summed E-state index contributed by atoms with van der Waals surface area (Å²) in [6.45, 7) is 1.52. The van der Waals surface area contributed by atoms with Crippen LogP contribution in [-0.4, -0.2) is 31.9 Å². The monoisotopic (exact) mass is 313 g/mol. The number of nitrogens with one attached hydrogen (secondary N) is 1. The molecule has 0 saturated heterocycles. The Bertz CT molecular complexity index is 688. The maximum Gasteiger partial charge on any atom is 0.252 e. The minimum Gasteiger partial charge on any atom is -0.324 e. The topological polar surface area (TPSA) is 89.8 Å². The largest absolute Gasteiger partial charge is 0.324 e. The molecule has 1 aliphatic rings. The number of carbonyl (C=O) groups excluding carboxylic acids is 2. The van der Waals surface area contributed by atoms with Gasteiger partial charge in [0.05, 0.1) is 0 Å². The third-order valence-electron chi connectivity index (χ3n) is 4.44. The Balaban J connectivity index is 1.83. The SMILES string of the molecule is CC(=O)c1ccc(NC(=O)C2(n3cnnn3)CCCCC2)cc1. The molecule has 0 unspecified atom stereocenters. The number of amides is 1. The highest BCUT2D eigenvalue weighted by Crippen LogP contribution is 2.35. The zero-order valence-corrected chi connectivity index (χ0v) is 13.0. The third-order valence-corrected chi connectivity index (χ3v) is 4.44. The molecule has 120 valence electrons. The lowest BCUT2D eigenvalue weighted by Crippen LogP contribution is -2.47. The summed E-state index contributed by atoms with van der Waals surface area (Å²) < 4.78 is 1.57. The summed E-state index contributed by atoms with van der Waals surface area (Å²) in [6.07, 6.45) is 5.99. The van der Waals surface area contributed by atoms with Gasteiger partial charge in [-0.2, -0.15) is 0 Å². The lowest BCUT2D eigenvalue weighted by Gasteiger charge is -2.35. The molecule has 0 bridgehead atoms. The van der Waals surface area contributed by atoms with E-state index in [2.05, 4.69) is 20.8 Å². The fourth-order valence-corrected chi connectivity index (χ4v) is 3.09. The zero-order chi connectivity index (χ0) is 16.3. The van der Waals surface area contributed by atoms with Crippen LogP contribution < -0.4 is 5.32 Å². The van der Waals surface area contributed by atoms with Gasteiger partial charge in [-0.05, 0) is 54.5 Å². The average molecular weight is 313 g/mol. The number of Topliss-reactive ketones (excluding diaryl/α,β-unsaturated/α-hetero) is 1. The van der Waals surface area contributed by atoms with E-state index < -0.39 is 5.54 Å². The molecule has 1 heterocycles. The van der Waals surface area contributed by atoms with Gasteiger partial charge in [-0.3, -0.25) is 9.59 Å². The lowest BCUT2D eigenvalue weighted by atomic mass is 9.81. The van der Waals surface area contributed by atoms with Crippen LogP contribution in [0.5, 0.6) is 0 Å². The van der Waals surface area contributed by atoms with Gasteiger partial charge in [0, 0.05) is 11.3 Å². The van der Waals surface area contributed by atoms with Gasteiger partial charge >= 0.3 is 0 Å². The number of aromatic nitrogens is 4. The first kappa shape index (κ1) is 15.3. The Kier molecular flexibility index (Phi) is 4.18. The average Bonchev–Trinajstić information content (AvgIpc) is 3.11. The number of nitrogens with zero attached hydrogens (tertiary/aromatic N) is 4. The van der Waals surface area contributed by atoms with Gasteiger partial charge in [0.2, 0.25) is 0 Å². The number of anilines is 1. The standard InChI is InChI=1S/C16H19N5O2/c1-12(22)13-5-7-14(8-6-13)18-15(23)16(9-3-2-4-10-16)21-11-17-19-20-21/h5-8,11H,2-4,9-10H2,1H3,(H,18,23). The first-order chi connectivity index (χ1) is 11.1. The molecule has 1 aromatic carbocycles. The maximum absolute atomic E-state index is 12.9. The van der Waals surface area contributed by atoms with Gasteiger partial charge in [-0.1, -0.05) is 19.3 Å². The molecule has 0 radical (unpaired) electrons. The van der Waals surface area contributed by atoms with Gasteiger partial charge in [0.15, 0.2) is 5.78 Å². The van der Waals surface area contributed by atoms with Crippen LogP contribution in [0.1, 0.15) is 49.4 Å². The fourth-order valence-electron chi connectivity index (χ4n) is 3.09. The molecule has 1 N–H and O–H groups in total. The Morgan fingerprint density at radius 1 is 1.13 bits per heavy atom. The first-order valence-electron chi connectivity index (χ1n) is 7.78. The van der Waals surface area contributed by atoms with Crippen molar-refractivity contribution in [2.24, 2.45) is 0 Å². The van der Waals surface area contributed by atoms with E-state index in [1.807, 2.05) is 0 Å². The molecular weight excluding hydrogens is 294 g/mol. The van der Waals surface area contributed by atoms with E-state index in [9.17, 15) is 9.59 Å². The molecule has 23 heavy (non-hydrogen) atoms. The van der Waals surface area contributed by atoms with Gasteiger partial charge in [0.1, 0.15) is 11.9 Å². The van der Waals surface area contributed by atoms with Crippen molar-refractivity contribution in [1.29, 1.82) is 0 Å². The van der Waals surface area contributed by atoms with Crippen LogP contribution in [-0.2, 0) is 10.3 Å². The minimum absolute atomic E-state index is 0.000294. The highest BCUT2D eigenvalue weighted by molar-refractivity contribution is 5.98. The van der Waals surface area contributed by atoms with Crippen molar-refractivity contribution in [3.63, 3.8) is 0 Å². The van der Waals surface area contributed by atoms with Crippen LogP contribution >= 0.6 is 0 Å². The Morgan fingerprint density at radius 3 is 2.39 bits per heavy atom. The van der Waals surface area contributed by atoms with Crippen molar-refractivity contribution < 1.29 is 9.59 Å². The van der Waals surface area contributed by atoms with Crippen molar-refractivity contribution in [2.75, 3.05) is 5.32 Å². The van der Waals surface area contributed by atoms with Gasteiger partial charge in [-0.15, -0.1) is 5.10 Å². The van der Waals surface area contributed by atoms with Crippen molar-refractivity contribution in [3.8, 4) is 0 Å². The van der Waals surface area contributed by atoms with E-state index in [0.29, 0.717) is 11.3 Å². The number of benzene rings is 1. The normalized spacial score (nSPS) is 16.7. The van der Waals surface area contributed by atoms with Gasteiger partial charge in [0.25, 0.3) is 5.91 Å². The van der Waals surface area contributed by atoms with Crippen molar-refractivity contribution in [1.82, 2.24) is 20.2 Å². The second-order valence-electron chi connectivity index (χ2n) is 5.93. The lowest BCUT2D eigenvalue weighted by molar-refractivity contribution is -0.126. The summed E-state index contributed by atoms with van der Waals surface area (Å²) in [5.41, 5.74) is 0.551. The minimum atomic E-state index is -0.735. The van der Waals surface area contributed by atoms with Crippen LogP contribution in [0, 0.1) is 0 Å². The summed E-state index contributed by atoms with van der Waals surface area (Å²) in [7, 11) is 0. The van der Waals surface area contributed by atoms with Crippen LogP contribution in [0.3, 0.4) is 0 Å². The number of carbonyl (C=O) groups is 2. The van der Waals surface area contributed by atoms with E-state index in [1.54, 1.807) is 28.9 Å². The summed E-state index contributed by atoms with van der Waals surface area (Å²) >= 11 is 0. The van der Waals surface area contributed by atoms with Crippen LogP contribution in [0.4, 0.5) is 5.69 Å². The van der Waals surface area contributed by atoms with Crippen LogP contribution in [0.2, 0.25) is 0 Å². The zero-order valence-electron chi connectivity index (χ0n) is 13.0. The molecule has 2 aromatic rings. The molecule has 0 atom stereocenters. The molecule has 7 heteroatoms. The van der Waals surface area contributed by atoms with Gasteiger partial charge in [-0.25, -0.2) is 4.68 Å². The molecule has 0 aliphatic heterocycles. The molecule has 1 aromatic heterocycles. The summed E-state index contributed by atoms with van der Waals surface area (Å²) in [4.78, 5) is 24.2. The summed E-state index contributed by atoms with van der Waals surface area (Å²) in [5.74, 6) is -0.111. The predicted octanol–water partition coefficient (Wildman–Crippen LogP) is 2.17. The van der Waals surface area contributed by atoms with Crippen molar-refractivity contribution in [2.45, 2.75) is 44.6 Å². The Labute approximate surface area is 134 Å². The number of rotatable bonds is 4. The van der Waals surface area contributed by atoms with Gasteiger partial charge < -0.3 is 5.32 Å². The van der Waals surface area contributed by atoms with Crippen molar-refractivity contribution in [3.05, 3.63) is 36.2 Å². The number of hydrogen-bond donors (Lipinski definition) is 1. The summed E-state index contributed by atoms with van der Waals surface area (Å²) in [6, 6.07) is 6.90. The van der Waals surface area contributed by atoms with Crippen LogP contribution in [0.25, 0.3) is 0 Å². The molecule has 1 fully saturated rings. The molecule has 1 aliphatic carbocycles.